The topological polar surface area (TPSA) is 78.8 Å². The molecule has 0 amide bonds. The van der Waals surface area contributed by atoms with Crippen molar-refractivity contribution in [1.29, 1.82) is 0 Å². The fourth-order valence-corrected chi connectivity index (χ4v) is 3.46. The number of carboxylic acids is 1. The molecule has 0 unspecified atom stereocenters. The molecule has 0 spiro atoms. The van der Waals surface area contributed by atoms with Crippen molar-refractivity contribution >= 4 is 11.9 Å². The molecular formula is C19H19F5N4O3. The summed E-state index contributed by atoms with van der Waals surface area (Å²) >= 11 is 0. The van der Waals surface area contributed by atoms with Crippen LogP contribution < -0.4 is 9.64 Å². The molecule has 7 nitrogen and oxygen atoms in total. The normalized spacial score (nSPS) is 21.1. The average molecular weight is 446 g/mol. The van der Waals surface area contributed by atoms with Crippen molar-refractivity contribution in [3.05, 3.63) is 48.3 Å². The standard InChI is InChI=1S/C17H18F2N4O.C2HF3O2/c18-12-2-1-3-15(6-12)24-16-7-14-10-23(5-4-22(14)11-16)17-20-8-13(19)9-21-17;3-2(4,5)1(6)7/h1-3,6,8-9,14,16H,4-5,7,10-11H2;(H,6,7)/t14-,16+;/m0./s1. The van der Waals surface area contributed by atoms with Gasteiger partial charge in [0.05, 0.1) is 12.4 Å². The van der Waals surface area contributed by atoms with Crippen molar-refractivity contribution in [2.24, 2.45) is 0 Å². The fourth-order valence-electron chi connectivity index (χ4n) is 3.46. The number of rotatable bonds is 3. The highest BCUT2D eigenvalue weighted by molar-refractivity contribution is 5.73. The average Bonchev–Trinajstić information content (AvgIpc) is 3.09. The van der Waals surface area contributed by atoms with Gasteiger partial charge in [-0.1, -0.05) is 6.07 Å². The lowest BCUT2D eigenvalue weighted by molar-refractivity contribution is -0.192. The Kier molecular flexibility index (Phi) is 6.88. The number of carboxylic acid groups (broad SMARTS) is 1. The third-order valence-corrected chi connectivity index (χ3v) is 4.81. The Morgan fingerprint density at radius 2 is 1.77 bits per heavy atom. The van der Waals surface area contributed by atoms with E-state index in [1.54, 1.807) is 12.1 Å². The zero-order chi connectivity index (χ0) is 22.6. The molecule has 0 bridgehead atoms. The molecule has 168 valence electrons. The van der Waals surface area contributed by atoms with E-state index >= 15 is 0 Å². The third kappa shape index (κ3) is 6.23. The number of hydrogen-bond acceptors (Lipinski definition) is 6. The van der Waals surface area contributed by atoms with E-state index in [0.717, 1.165) is 32.6 Å². The smallest absolute Gasteiger partial charge is 0.489 e. The maximum Gasteiger partial charge on any atom is 0.490 e. The van der Waals surface area contributed by atoms with Crippen molar-refractivity contribution in [2.45, 2.75) is 24.7 Å². The first-order valence-electron chi connectivity index (χ1n) is 9.30. The van der Waals surface area contributed by atoms with Crippen LogP contribution in [0.25, 0.3) is 0 Å². The monoisotopic (exact) mass is 446 g/mol. The van der Waals surface area contributed by atoms with Gasteiger partial charge in [-0.15, -0.1) is 0 Å². The molecule has 2 fully saturated rings. The zero-order valence-electron chi connectivity index (χ0n) is 16.1. The van der Waals surface area contributed by atoms with Crippen molar-refractivity contribution in [1.82, 2.24) is 14.9 Å². The first-order valence-corrected chi connectivity index (χ1v) is 9.30. The lowest BCUT2D eigenvalue weighted by Crippen LogP contribution is -2.50. The van der Waals surface area contributed by atoms with E-state index in [1.165, 1.54) is 24.5 Å². The molecule has 0 radical (unpaired) electrons. The molecule has 2 aliphatic heterocycles. The highest BCUT2D eigenvalue weighted by Crippen LogP contribution is 2.27. The molecule has 2 atom stereocenters. The van der Waals surface area contributed by atoms with Crippen LogP contribution in [-0.4, -0.2) is 70.4 Å². The van der Waals surface area contributed by atoms with E-state index in [4.69, 9.17) is 14.6 Å². The molecule has 1 aromatic carbocycles. The number of carbonyl (C=O) groups is 1. The van der Waals surface area contributed by atoms with Gasteiger partial charge in [-0.3, -0.25) is 4.90 Å². The summed E-state index contributed by atoms with van der Waals surface area (Å²) in [5, 5.41) is 7.12. The van der Waals surface area contributed by atoms with Gasteiger partial charge in [-0.25, -0.2) is 23.5 Å². The number of aliphatic carboxylic acids is 1. The van der Waals surface area contributed by atoms with Crippen molar-refractivity contribution in [3.63, 3.8) is 0 Å². The molecule has 12 heteroatoms. The van der Waals surface area contributed by atoms with E-state index in [9.17, 15) is 22.0 Å². The molecule has 0 aliphatic carbocycles. The van der Waals surface area contributed by atoms with Crippen LogP contribution in [0.5, 0.6) is 5.75 Å². The Morgan fingerprint density at radius 3 is 2.39 bits per heavy atom. The highest BCUT2D eigenvalue weighted by atomic mass is 19.4. The second-order valence-electron chi connectivity index (χ2n) is 7.03. The first-order chi connectivity index (χ1) is 14.6. The first kappa shape index (κ1) is 22.7. The summed E-state index contributed by atoms with van der Waals surface area (Å²) in [6.45, 7) is 3.30. The van der Waals surface area contributed by atoms with Gasteiger partial charge in [0.25, 0.3) is 0 Å². The van der Waals surface area contributed by atoms with Crippen molar-refractivity contribution < 1.29 is 36.6 Å². The predicted octanol–water partition coefficient (Wildman–Crippen LogP) is 2.73. The number of anilines is 1. The SMILES string of the molecule is Fc1cnc(N2CCN3C[C@H](Oc4cccc(F)c4)C[C@H]3C2)nc1.O=C(O)C(F)(F)F. The van der Waals surface area contributed by atoms with Gasteiger partial charge < -0.3 is 14.7 Å². The van der Waals surface area contributed by atoms with Gasteiger partial charge in [-0.2, -0.15) is 13.2 Å². The van der Waals surface area contributed by atoms with Gasteiger partial charge in [0, 0.05) is 44.7 Å². The summed E-state index contributed by atoms with van der Waals surface area (Å²) in [7, 11) is 0. The minimum Gasteiger partial charge on any atom is -0.489 e. The predicted molar refractivity (Wildman–Crippen MR) is 98.7 cm³/mol. The Bertz CT molecular complexity index is 897. The van der Waals surface area contributed by atoms with Crippen LogP contribution in [0, 0.1) is 11.6 Å². The zero-order valence-corrected chi connectivity index (χ0v) is 16.1. The fraction of sp³-hybridized carbons (Fsp3) is 0.421. The molecule has 1 N–H and O–H groups in total. The summed E-state index contributed by atoms with van der Waals surface area (Å²) in [4.78, 5) is 21.5. The number of alkyl halides is 3. The second kappa shape index (κ2) is 9.41. The number of benzene rings is 1. The molecule has 0 saturated carbocycles. The number of hydrogen-bond donors (Lipinski definition) is 1. The highest BCUT2D eigenvalue weighted by Gasteiger charge is 2.38. The molecular weight excluding hydrogens is 427 g/mol. The van der Waals surface area contributed by atoms with E-state index in [0.29, 0.717) is 17.7 Å². The Hall–Kier alpha value is -3.02. The molecule has 1 aromatic heterocycles. The van der Waals surface area contributed by atoms with Gasteiger partial charge >= 0.3 is 12.1 Å². The van der Waals surface area contributed by atoms with Gasteiger partial charge in [0.15, 0.2) is 5.82 Å². The minimum atomic E-state index is -5.08. The number of halogens is 5. The quantitative estimate of drug-likeness (QED) is 0.727. The lowest BCUT2D eigenvalue weighted by Gasteiger charge is -2.37. The minimum absolute atomic E-state index is 0.0471. The molecule has 4 rings (SSSR count). The number of nitrogens with zero attached hydrogens (tertiary/aromatic N) is 4. The maximum absolute atomic E-state index is 13.3. The van der Waals surface area contributed by atoms with E-state index < -0.39 is 18.0 Å². The molecule has 2 saturated heterocycles. The van der Waals surface area contributed by atoms with Crippen LogP contribution in [0.1, 0.15) is 6.42 Å². The second-order valence-corrected chi connectivity index (χ2v) is 7.03. The summed E-state index contributed by atoms with van der Waals surface area (Å²) in [5.41, 5.74) is 0. The number of ether oxygens (including phenoxy) is 1. The van der Waals surface area contributed by atoms with E-state index in [-0.39, 0.29) is 11.9 Å². The molecule has 31 heavy (non-hydrogen) atoms. The lowest BCUT2D eigenvalue weighted by atomic mass is 10.1. The van der Waals surface area contributed by atoms with Crippen LogP contribution in [0.3, 0.4) is 0 Å². The molecule has 3 heterocycles. The van der Waals surface area contributed by atoms with Crippen LogP contribution in [-0.2, 0) is 4.79 Å². The summed E-state index contributed by atoms with van der Waals surface area (Å²) < 4.78 is 63.9. The Morgan fingerprint density at radius 1 is 1.10 bits per heavy atom. The largest absolute Gasteiger partial charge is 0.490 e. The van der Waals surface area contributed by atoms with Crippen molar-refractivity contribution in [3.8, 4) is 5.75 Å². The van der Waals surface area contributed by atoms with Gasteiger partial charge in [0.1, 0.15) is 17.7 Å². The number of piperazine rings is 1. The Balaban J connectivity index is 0.000000339. The number of fused-ring (bicyclic) bond motifs is 1. The third-order valence-electron chi connectivity index (χ3n) is 4.81. The van der Waals surface area contributed by atoms with Crippen LogP contribution in [0.2, 0.25) is 0 Å². The summed E-state index contributed by atoms with van der Waals surface area (Å²) in [5.74, 6) is -2.35. The van der Waals surface area contributed by atoms with Crippen LogP contribution >= 0.6 is 0 Å². The van der Waals surface area contributed by atoms with Crippen molar-refractivity contribution in [2.75, 3.05) is 31.1 Å². The Labute approximate surface area is 174 Å². The van der Waals surface area contributed by atoms with Gasteiger partial charge in [0.2, 0.25) is 5.95 Å². The maximum atomic E-state index is 13.3. The summed E-state index contributed by atoms with van der Waals surface area (Å²) in [6.07, 6.45) is -1.78. The molecule has 2 aromatic rings. The van der Waals surface area contributed by atoms with E-state index in [1.807, 2.05) is 0 Å². The summed E-state index contributed by atoms with van der Waals surface area (Å²) in [6, 6.07) is 6.59. The molecule has 2 aliphatic rings. The van der Waals surface area contributed by atoms with Crippen LogP contribution in [0.4, 0.5) is 27.9 Å². The van der Waals surface area contributed by atoms with Gasteiger partial charge in [-0.05, 0) is 12.1 Å². The number of aromatic nitrogens is 2. The van der Waals surface area contributed by atoms with Crippen LogP contribution in [0.15, 0.2) is 36.7 Å². The van der Waals surface area contributed by atoms with E-state index in [2.05, 4.69) is 19.8 Å².